The van der Waals surface area contributed by atoms with E-state index in [0.717, 1.165) is 10.8 Å². The van der Waals surface area contributed by atoms with Gasteiger partial charge in [0.25, 0.3) is 5.69 Å². The van der Waals surface area contributed by atoms with Crippen LogP contribution in [0, 0.1) is 10.1 Å². The number of rotatable bonds is 5. The molecule has 2 rings (SSSR count). The van der Waals surface area contributed by atoms with Gasteiger partial charge in [0, 0.05) is 29.5 Å². The Bertz CT molecular complexity index is 450. The molecule has 0 saturated heterocycles. The average molecular weight is 294 g/mol. The Hall–Kier alpha value is -1.07. The van der Waals surface area contributed by atoms with Gasteiger partial charge in [-0.2, -0.15) is 11.8 Å². The van der Waals surface area contributed by atoms with Crippen LogP contribution in [-0.4, -0.2) is 22.5 Å². The number of nitro groups is 1. The normalized spacial score (nSPS) is 24.3. The standard InChI is InChI=1S/C15H22N2O2S/c1-11(12-6-8-14(9-7-12)17(18)19)16-13-4-3-5-15(10-13)20-2/h6-9,11,13,15-16H,3-5,10H2,1-2H3. The van der Waals surface area contributed by atoms with Crippen LogP contribution in [0.2, 0.25) is 0 Å². The third kappa shape index (κ3) is 3.96. The highest BCUT2D eigenvalue weighted by atomic mass is 32.2. The van der Waals surface area contributed by atoms with E-state index in [-0.39, 0.29) is 16.7 Å². The van der Waals surface area contributed by atoms with E-state index in [1.54, 1.807) is 12.1 Å². The molecule has 4 nitrogen and oxygen atoms in total. The zero-order valence-corrected chi connectivity index (χ0v) is 12.9. The molecule has 1 aliphatic rings. The van der Waals surface area contributed by atoms with E-state index in [2.05, 4.69) is 18.5 Å². The lowest BCUT2D eigenvalue weighted by Crippen LogP contribution is -2.36. The lowest BCUT2D eigenvalue weighted by Gasteiger charge is -2.31. The fourth-order valence-electron chi connectivity index (χ4n) is 2.84. The monoisotopic (exact) mass is 294 g/mol. The Morgan fingerprint density at radius 3 is 2.65 bits per heavy atom. The minimum atomic E-state index is -0.355. The van der Waals surface area contributed by atoms with Gasteiger partial charge in [-0.3, -0.25) is 10.1 Å². The molecule has 0 amide bonds. The van der Waals surface area contributed by atoms with E-state index in [4.69, 9.17) is 0 Å². The van der Waals surface area contributed by atoms with Gasteiger partial charge in [-0.25, -0.2) is 0 Å². The van der Waals surface area contributed by atoms with Crippen molar-refractivity contribution < 1.29 is 4.92 Å². The van der Waals surface area contributed by atoms with Crippen LogP contribution in [0.4, 0.5) is 5.69 Å². The van der Waals surface area contributed by atoms with E-state index in [1.165, 1.54) is 25.7 Å². The molecule has 3 atom stereocenters. The number of nitrogens with one attached hydrogen (secondary N) is 1. The van der Waals surface area contributed by atoms with Crippen molar-refractivity contribution in [1.29, 1.82) is 0 Å². The molecule has 5 heteroatoms. The number of thioether (sulfide) groups is 1. The molecule has 0 bridgehead atoms. The summed E-state index contributed by atoms with van der Waals surface area (Å²) in [4.78, 5) is 10.3. The Balaban J connectivity index is 1.93. The van der Waals surface area contributed by atoms with Crippen LogP contribution in [-0.2, 0) is 0 Å². The molecule has 0 spiro atoms. The van der Waals surface area contributed by atoms with Crippen molar-refractivity contribution >= 4 is 17.4 Å². The molecule has 20 heavy (non-hydrogen) atoms. The third-order valence-corrected chi connectivity index (χ3v) is 5.14. The van der Waals surface area contributed by atoms with Gasteiger partial charge in [-0.1, -0.05) is 18.6 Å². The summed E-state index contributed by atoms with van der Waals surface area (Å²) in [6.45, 7) is 2.13. The zero-order valence-electron chi connectivity index (χ0n) is 12.0. The second-order valence-corrected chi connectivity index (χ2v) is 6.60. The van der Waals surface area contributed by atoms with Gasteiger partial charge in [0.05, 0.1) is 4.92 Å². The van der Waals surface area contributed by atoms with Crippen molar-refractivity contribution in [1.82, 2.24) is 5.32 Å². The summed E-state index contributed by atoms with van der Waals surface area (Å²) in [6.07, 6.45) is 7.25. The van der Waals surface area contributed by atoms with Crippen LogP contribution in [0.5, 0.6) is 0 Å². The number of nitro benzene ring substituents is 1. The van der Waals surface area contributed by atoms with Crippen molar-refractivity contribution in [3.63, 3.8) is 0 Å². The van der Waals surface area contributed by atoms with Gasteiger partial charge in [0.2, 0.25) is 0 Å². The fourth-order valence-corrected chi connectivity index (χ4v) is 3.67. The van der Waals surface area contributed by atoms with Crippen molar-refractivity contribution in [3.8, 4) is 0 Å². The third-order valence-electron chi connectivity index (χ3n) is 4.05. The molecule has 1 saturated carbocycles. The molecular formula is C15H22N2O2S. The first-order valence-electron chi connectivity index (χ1n) is 7.13. The summed E-state index contributed by atoms with van der Waals surface area (Å²) < 4.78 is 0. The molecule has 3 unspecified atom stereocenters. The van der Waals surface area contributed by atoms with Gasteiger partial charge >= 0.3 is 0 Å². The quantitative estimate of drug-likeness (QED) is 0.660. The molecule has 1 fully saturated rings. The summed E-state index contributed by atoms with van der Waals surface area (Å²) in [5.41, 5.74) is 1.27. The molecule has 1 aromatic rings. The number of hydrogen-bond acceptors (Lipinski definition) is 4. The van der Waals surface area contributed by atoms with Crippen LogP contribution >= 0.6 is 11.8 Å². The summed E-state index contributed by atoms with van der Waals surface area (Å²) in [7, 11) is 0. The number of benzene rings is 1. The van der Waals surface area contributed by atoms with Gasteiger partial charge < -0.3 is 5.32 Å². The number of nitrogens with zero attached hydrogens (tertiary/aromatic N) is 1. The molecule has 110 valence electrons. The highest BCUT2D eigenvalue weighted by Gasteiger charge is 2.22. The second kappa shape index (κ2) is 7.09. The fraction of sp³-hybridized carbons (Fsp3) is 0.600. The summed E-state index contributed by atoms with van der Waals surface area (Å²) in [5, 5.41) is 15.1. The first kappa shape index (κ1) is 15.3. The van der Waals surface area contributed by atoms with Gasteiger partial charge in [0.1, 0.15) is 0 Å². The lowest BCUT2D eigenvalue weighted by molar-refractivity contribution is -0.384. The smallest absolute Gasteiger partial charge is 0.269 e. The Morgan fingerprint density at radius 2 is 2.05 bits per heavy atom. The summed E-state index contributed by atoms with van der Waals surface area (Å²) >= 11 is 1.96. The summed E-state index contributed by atoms with van der Waals surface area (Å²) in [5.74, 6) is 0. The Labute approximate surface area is 124 Å². The lowest BCUT2D eigenvalue weighted by atomic mass is 9.93. The van der Waals surface area contributed by atoms with Crippen LogP contribution in [0.15, 0.2) is 24.3 Å². The van der Waals surface area contributed by atoms with Crippen molar-refractivity contribution in [3.05, 3.63) is 39.9 Å². The van der Waals surface area contributed by atoms with Gasteiger partial charge in [-0.05, 0) is 38.0 Å². The van der Waals surface area contributed by atoms with Gasteiger partial charge in [0.15, 0.2) is 0 Å². The van der Waals surface area contributed by atoms with E-state index in [9.17, 15) is 10.1 Å². The minimum Gasteiger partial charge on any atom is -0.307 e. The SMILES string of the molecule is CSC1CCCC(NC(C)c2ccc([N+](=O)[O-])cc2)C1. The highest BCUT2D eigenvalue weighted by Crippen LogP contribution is 2.28. The van der Waals surface area contributed by atoms with Crippen molar-refractivity contribution in [2.24, 2.45) is 0 Å². The van der Waals surface area contributed by atoms with Crippen LogP contribution in [0.25, 0.3) is 0 Å². The second-order valence-electron chi connectivity index (χ2n) is 5.46. The van der Waals surface area contributed by atoms with Gasteiger partial charge in [-0.15, -0.1) is 0 Å². The molecule has 0 heterocycles. The number of hydrogen-bond donors (Lipinski definition) is 1. The van der Waals surface area contributed by atoms with Crippen LogP contribution in [0.3, 0.4) is 0 Å². The molecule has 1 N–H and O–H groups in total. The number of non-ortho nitro benzene ring substituents is 1. The summed E-state index contributed by atoms with van der Waals surface area (Å²) in [6, 6.07) is 7.67. The molecule has 0 aromatic heterocycles. The zero-order chi connectivity index (χ0) is 14.5. The predicted octanol–water partition coefficient (Wildman–Crippen LogP) is 3.92. The minimum absolute atomic E-state index is 0.154. The van der Waals surface area contributed by atoms with E-state index < -0.39 is 0 Å². The average Bonchev–Trinajstić information content (AvgIpc) is 2.47. The largest absolute Gasteiger partial charge is 0.307 e. The topological polar surface area (TPSA) is 55.2 Å². The highest BCUT2D eigenvalue weighted by molar-refractivity contribution is 7.99. The van der Waals surface area contributed by atoms with E-state index in [1.807, 2.05) is 23.9 Å². The molecule has 0 aliphatic heterocycles. The Morgan fingerprint density at radius 1 is 1.35 bits per heavy atom. The Kier molecular flexibility index (Phi) is 5.43. The maximum Gasteiger partial charge on any atom is 0.269 e. The molecule has 1 aliphatic carbocycles. The first-order valence-corrected chi connectivity index (χ1v) is 8.42. The first-order chi connectivity index (χ1) is 9.60. The maximum atomic E-state index is 10.7. The maximum absolute atomic E-state index is 10.7. The molecule has 0 radical (unpaired) electrons. The molecular weight excluding hydrogens is 272 g/mol. The van der Waals surface area contributed by atoms with E-state index in [0.29, 0.717) is 6.04 Å². The predicted molar refractivity (Wildman–Crippen MR) is 84.2 cm³/mol. The van der Waals surface area contributed by atoms with Crippen LogP contribution in [0.1, 0.15) is 44.2 Å². The van der Waals surface area contributed by atoms with Crippen LogP contribution < -0.4 is 5.32 Å². The van der Waals surface area contributed by atoms with E-state index >= 15 is 0 Å². The molecule has 1 aromatic carbocycles. The van der Waals surface area contributed by atoms with Crippen molar-refractivity contribution in [2.45, 2.75) is 49.9 Å². The van der Waals surface area contributed by atoms with Crippen molar-refractivity contribution in [2.75, 3.05) is 6.26 Å².